The molecule has 0 amide bonds. The van der Waals surface area contributed by atoms with Crippen molar-refractivity contribution in [3.63, 3.8) is 0 Å². The Labute approximate surface area is 103 Å². The van der Waals surface area contributed by atoms with Gasteiger partial charge in [-0.25, -0.2) is 0 Å². The van der Waals surface area contributed by atoms with Crippen LogP contribution in [0.3, 0.4) is 0 Å². The molecule has 0 aromatic carbocycles. The lowest BCUT2D eigenvalue weighted by Crippen LogP contribution is -2.21. The highest BCUT2D eigenvalue weighted by molar-refractivity contribution is 4.54. The van der Waals surface area contributed by atoms with Crippen molar-refractivity contribution in [1.29, 1.82) is 0 Å². The second-order valence-electron chi connectivity index (χ2n) is 5.02. The Bertz CT molecular complexity index is 121. The van der Waals surface area contributed by atoms with Crippen LogP contribution in [0.2, 0.25) is 0 Å². The third-order valence-electron chi connectivity index (χ3n) is 3.04. The van der Waals surface area contributed by atoms with E-state index in [0.29, 0.717) is 0 Å². The Morgan fingerprint density at radius 2 is 0.938 bits per heavy atom. The van der Waals surface area contributed by atoms with Gasteiger partial charge in [0, 0.05) is 0 Å². The van der Waals surface area contributed by atoms with Crippen molar-refractivity contribution in [3.8, 4) is 0 Å². The number of unbranched alkanes of at least 4 members (excludes halogenated alkanes) is 3. The van der Waals surface area contributed by atoms with Crippen LogP contribution in [0.25, 0.3) is 0 Å². The second kappa shape index (κ2) is 11.4. The summed E-state index contributed by atoms with van der Waals surface area (Å²) >= 11 is 0. The number of hydrogen-bond acceptors (Lipinski definition) is 2. The molecule has 16 heavy (non-hydrogen) atoms. The van der Waals surface area contributed by atoms with E-state index in [-0.39, 0.29) is 0 Å². The van der Waals surface area contributed by atoms with Gasteiger partial charge in [-0.05, 0) is 66.0 Å². The monoisotopic (exact) mass is 228 g/mol. The molecule has 0 bridgehead atoms. The Kier molecular flexibility index (Phi) is 11.3. The fraction of sp³-hybridized carbons (Fsp3) is 1.00. The zero-order valence-electron chi connectivity index (χ0n) is 12.0. The molecule has 98 valence electrons. The van der Waals surface area contributed by atoms with E-state index in [0.717, 1.165) is 0 Å². The quantitative estimate of drug-likeness (QED) is 0.501. The fourth-order valence-corrected chi connectivity index (χ4v) is 2.10. The standard InChI is InChI=1S/C14H32N2/c1-5-11-15(3)13-9-7-8-10-14-16(4)12-6-2/h5-14H2,1-4H3. The lowest BCUT2D eigenvalue weighted by Gasteiger charge is -2.16. The molecule has 0 rings (SSSR count). The smallest absolute Gasteiger partial charge is 0.00218 e. The molecule has 0 aliphatic heterocycles. The van der Waals surface area contributed by atoms with E-state index in [1.165, 1.54) is 64.7 Å². The first-order valence-corrected chi connectivity index (χ1v) is 7.07. The molecule has 0 N–H and O–H groups in total. The van der Waals surface area contributed by atoms with Crippen molar-refractivity contribution in [2.24, 2.45) is 0 Å². The molecule has 0 aliphatic rings. The maximum Gasteiger partial charge on any atom is -0.00218 e. The molecule has 0 atom stereocenters. The van der Waals surface area contributed by atoms with E-state index in [1.54, 1.807) is 0 Å². The van der Waals surface area contributed by atoms with Gasteiger partial charge in [-0.3, -0.25) is 0 Å². The third-order valence-corrected chi connectivity index (χ3v) is 3.04. The molecule has 0 unspecified atom stereocenters. The van der Waals surface area contributed by atoms with Crippen molar-refractivity contribution >= 4 is 0 Å². The normalized spacial score (nSPS) is 11.6. The van der Waals surface area contributed by atoms with Crippen LogP contribution in [-0.2, 0) is 0 Å². The molecule has 2 nitrogen and oxygen atoms in total. The summed E-state index contributed by atoms with van der Waals surface area (Å²) in [6.45, 7) is 9.55. The third kappa shape index (κ3) is 10.4. The van der Waals surface area contributed by atoms with E-state index in [1.807, 2.05) is 0 Å². The van der Waals surface area contributed by atoms with Crippen molar-refractivity contribution in [2.75, 3.05) is 40.3 Å². The Morgan fingerprint density at radius 3 is 1.25 bits per heavy atom. The van der Waals surface area contributed by atoms with Gasteiger partial charge in [0.15, 0.2) is 0 Å². The van der Waals surface area contributed by atoms with Crippen LogP contribution in [-0.4, -0.2) is 50.1 Å². The molecule has 0 heterocycles. The Hall–Kier alpha value is -0.0800. The summed E-state index contributed by atoms with van der Waals surface area (Å²) in [5.74, 6) is 0. The molecular weight excluding hydrogens is 196 g/mol. The average Bonchev–Trinajstić information content (AvgIpc) is 2.24. The average molecular weight is 228 g/mol. The molecule has 0 fully saturated rings. The van der Waals surface area contributed by atoms with E-state index >= 15 is 0 Å². The van der Waals surface area contributed by atoms with E-state index in [4.69, 9.17) is 0 Å². The Morgan fingerprint density at radius 1 is 0.562 bits per heavy atom. The van der Waals surface area contributed by atoms with Crippen molar-refractivity contribution < 1.29 is 0 Å². The van der Waals surface area contributed by atoms with Gasteiger partial charge in [0.05, 0.1) is 0 Å². The molecular formula is C14H32N2. The first kappa shape index (κ1) is 15.9. The second-order valence-corrected chi connectivity index (χ2v) is 5.02. The SMILES string of the molecule is CCCN(C)CCCCCCN(C)CCC. The zero-order chi connectivity index (χ0) is 12.2. The predicted molar refractivity (Wildman–Crippen MR) is 74.0 cm³/mol. The van der Waals surface area contributed by atoms with Crippen LogP contribution < -0.4 is 0 Å². The van der Waals surface area contributed by atoms with Crippen LogP contribution in [0, 0.1) is 0 Å². The van der Waals surface area contributed by atoms with Gasteiger partial charge in [0.25, 0.3) is 0 Å². The molecule has 0 aliphatic carbocycles. The molecule has 0 saturated heterocycles. The van der Waals surface area contributed by atoms with Gasteiger partial charge in [-0.15, -0.1) is 0 Å². The van der Waals surface area contributed by atoms with Gasteiger partial charge in [0.2, 0.25) is 0 Å². The Balaban J connectivity index is 3.15. The maximum absolute atomic E-state index is 2.45. The predicted octanol–water partition coefficient (Wildman–Crippen LogP) is 3.23. The largest absolute Gasteiger partial charge is 0.306 e. The maximum atomic E-state index is 2.45. The summed E-state index contributed by atoms with van der Waals surface area (Å²) in [6.07, 6.45) is 8.08. The molecule has 0 radical (unpaired) electrons. The molecule has 0 aromatic heterocycles. The molecule has 2 heteroatoms. The summed E-state index contributed by atoms with van der Waals surface area (Å²) < 4.78 is 0. The van der Waals surface area contributed by atoms with Crippen molar-refractivity contribution in [1.82, 2.24) is 9.80 Å². The lowest BCUT2D eigenvalue weighted by atomic mass is 10.2. The number of nitrogens with zero attached hydrogens (tertiary/aromatic N) is 2. The van der Waals surface area contributed by atoms with Gasteiger partial charge < -0.3 is 9.80 Å². The minimum atomic E-state index is 1.25. The van der Waals surface area contributed by atoms with Crippen LogP contribution >= 0.6 is 0 Å². The van der Waals surface area contributed by atoms with Crippen LogP contribution in [0.1, 0.15) is 52.4 Å². The van der Waals surface area contributed by atoms with Crippen molar-refractivity contribution in [2.45, 2.75) is 52.4 Å². The molecule has 0 aromatic rings. The summed E-state index contributed by atoms with van der Waals surface area (Å²) in [7, 11) is 4.47. The van der Waals surface area contributed by atoms with Crippen LogP contribution in [0.15, 0.2) is 0 Å². The summed E-state index contributed by atoms with van der Waals surface area (Å²) in [5.41, 5.74) is 0. The molecule has 0 spiro atoms. The van der Waals surface area contributed by atoms with Crippen molar-refractivity contribution in [3.05, 3.63) is 0 Å². The van der Waals surface area contributed by atoms with E-state index in [2.05, 4.69) is 37.7 Å². The number of rotatable bonds is 11. The number of hydrogen-bond donors (Lipinski definition) is 0. The highest BCUT2D eigenvalue weighted by Gasteiger charge is 1.98. The molecule has 0 saturated carbocycles. The minimum Gasteiger partial charge on any atom is -0.306 e. The van der Waals surface area contributed by atoms with Crippen LogP contribution in [0.5, 0.6) is 0 Å². The van der Waals surface area contributed by atoms with Crippen LogP contribution in [0.4, 0.5) is 0 Å². The van der Waals surface area contributed by atoms with Gasteiger partial charge >= 0.3 is 0 Å². The van der Waals surface area contributed by atoms with Gasteiger partial charge in [0.1, 0.15) is 0 Å². The first-order valence-electron chi connectivity index (χ1n) is 7.07. The van der Waals surface area contributed by atoms with E-state index in [9.17, 15) is 0 Å². The fourth-order valence-electron chi connectivity index (χ4n) is 2.10. The highest BCUT2D eigenvalue weighted by atomic mass is 15.1. The lowest BCUT2D eigenvalue weighted by molar-refractivity contribution is 0.310. The first-order chi connectivity index (χ1) is 7.70. The van der Waals surface area contributed by atoms with Gasteiger partial charge in [-0.2, -0.15) is 0 Å². The highest BCUT2D eigenvalue weighted by Crippen LogP contribution is 2.02. The van der Waals surface area contributed by atoms with E-state index < -0.39 is 0 Å². The minimum absolute atomic E-state index is 1.25. The zero-order valence-corrected chi connectivity index (χ0v) is 12.0. The summed E-state index contributed by atoms with van der Waals surface area (Å²) in [6, 6.07) is 0. The topological polar surface area (TPSA) is 6.48 Å². The van der Waals surface area contributed by atoms with Gasteiger partial charge in [-0.1, -0.05) is 26.7 Å². The summed E-state index contributed by atoms with van der Waals surface area (Å²) in [5, 5.41) is 0. The summed E-state index contributed by atoms with van der Waals surface area (Å²) in [4.78, 5) is 4.90.